The molecule has 5 heteroatoms. The fraction of sp³-hybridized carbons (Fsp3) is 0.133. The number of hydrogen-bond donors (Lipinski definition) is 2. The molecule has 0 aliphatic rings. The molecule has 1 N–H and O–H groups in total. The van der Waals surface area contributed by atoms with Crippen molar-refractivity contribution in [1.82, 2.24) is 5.32 Å². The van der Waals surface area contributed by atoms with Gasteiger partial charge in [0.1, 0.15) is 0 Å². The van der Waals surface area contributed by atoms with E-state index in [2.05, 4.69) is 24.2 Å². The summed E-state index contributed by atoms with van der Waals surface area (Å²) in [5.41, 5.74) is 1.78. The zero-order chi connectivity index (χ0) is 14.4. The molecule has 20 heavy (non-hydrogen) atoms. The molecular formula is C15H14ClN2OS. The van der Waals surface area contributed by atoms with Gasteiger partial charge >= 0.3 is 6.03 Å². The summed E-state index contributed by atoms with van der Waals surface area (Å²) in [6.07, 6.45) is 0.719. The quantitative estimate of drug-likeness (QED) is 0.829. The molecule has 2 aromatic carbocycles. The second-order valence-corrected chi connectivity index (χ2v) is 5.02. The zero-order valence-corrected chi connectivity index (χ0v) is 12.4. The van der Waals surface area contributed by atoms with Gasteiger partial charge in [-0.25, -0.2) is 9.10 Å². The third-order valence-corrected chi connectivity index (χ3v) is 3.36. The lowest BCUT2D eigenvalue weighted by Gasteiger charge is -2.16. The van der Waals surface area contributed by atoms with Crippen LogP contribution < -0.4 is 9.62 Å². The Labute approximate surface area is 129 Å². The number of anilines is 1. The van der Waals surface area contributed by atoms with Crippen molar-refractivity contribution in [2.24, 2.45) is 0 Å². The van der Waals surface area contributed by atoms with Crippen LogP contribution in [0.15, 0.2) is 48.5 Å². The lowest BCUT2D eigenvalue weighted by molar-refractivity contribution is 0.250. The fourth-order valence-corrected chi connectivity index (χ4v) is 2.13. The van der Waals surface area contributed by atoms with Gasteiger partial charge in [-0.3, -0.25) is 0 Å². The molecule has 0 bridgehead atoms. The molecule has 0 heterocycles. The third-order valence-electron chi connectivity index (χ3n) is 2.72. The van der Waals surface area contributed by atoms with Crippen LogP contribution >= 0.6 is 24.4 Å². The molecule has 0 saturated carbocycles. The van der Waals surface area contributed by atoms with E-state index in [4.69, 9.17) is 11.6 Å². The normalized spacial score (nSPS) is 10.1. The molecule has 103 valence electrons. The standard InChI is InChI=1S/C15H14ClN2OS/c16-13-6-4-5-12(11-13)9-10-17-15(19)18(20)14-7-2-1-3-8-14/h2-8,11,20H,9-10H2,(H,17,19). The Morgan fingerprint density at radius 1 is 1.30 bits per heavy atom. The summed E-state index contributed by atoms with van der Waals surface area (Å²) in [4.78, 5) is 11.9. The minimum atomic E-state index is -0.262. The molecule has 0 fully saturated rings. The lowest BCUT2D eigenvalue weighted by Crippen LogP contribution is -2.35. The van der Waals surface area contributed by atoms with Crippen LogP contribution in [0.1, 0.15) is 5.56 Å². The molecule has 0 aliphatic heterocycles. The monoisotopic (exact) mass is 305 g/mol. The Balaban J connectivity index is 1.83. The van der Waals surface area contributed by atoms with E-state index in [1.165, 1.54) is 4.31 Å². The van der Waals surface area contributed by atoms with Crippen molar-refractivity contribution in [3.8, 4) is 0 Å². The van der Waals surface area contributed by atoms with Gasteiger partial charge in [0.15, 0.2) is 0 Å². The highest BCUT2D eigenvalue weighted by atomic mass is 35.5. The molecule has 0 unspecified atom stereocenters. The van der Waals surface area contributed by atoms with Crippen molar-refractivity contribution in [2.75, 3.05) is 10.8 Å². The second-order valence-electron chi connectivity index (χ2n) is 4.18. The van der Waals surface area contributed by atoms with Crippen LogP contribution in [0.3, 0.4) is 0 Å². The average molecular weight is 306 g/mol. The van der Waals surface area contributed by atoms with Crippen LogP contribution in [-0.2, 0) is 6.42 Å². The van der Waals surface area contributed by atoms with E-state index in [0.29, 0.717) is 17.3 Å². The Hall–Kier alpha value is -1.65. The first-order valence-corrected chi connectivity index (χ1v) is 6.92. The molecular weight excluding hydrogens is 292 g/mol. The number of thiol groups is 1. The highest BCUT2D eigenvalue weighted by molar-refractivity contribution is 7.82. The highest BCUT2D eigenvalue weighted by Crippen LogP contribution is 2.15. The van der Waals surface area contributed by atoms with E-state index in [1.807, 2.05) is 24.3 Å². The second kappa shape index (κ2) is 7.22. The Kier molecular flexibility index (Phi) is 5.32. The van der Waals surface area contributed by atoms with Crippen LogP contribution in [0.5, 0.6) is 0 Å². The van der Waals surface area contributed by atoms with Crippen LogP contribution in [0, 0.1) is 6.07 Å². The van der Waals surface area contributed by atoms with E-state index in [1.54, 1.807) is 24.3 Å². The van der Waals surface area contributed by atoms with Crippen LogP contribution in [0.2, 0.25) is 5.02 Å². The van der Waals surface area contributed by atoms with E-state index < -0.39 is 0 Å². The lowest BCUT2D eigenvalue weighted by atomic mass is 10.1. The molecule has 0 spiro atoms. The maximum Gasteiger partial charge on any atom is 0.331 e. The Morgan fingerprint density at radius 3 is 2.75 bits per heavy atom. The van der Waals surface area contributed by atoms with Crippen molar-refractivity contribution in [2.45, 2.75) is 6.42 Å². The van der Waals surface area contributed by atoms with Gasteiger partial charge in [-0.1, -0.05) is 48.7 Å². The molecule has 2 amide bonds. The predicted octanol–water partition coefficient (Wildman–Crippen LogP) is 3.74. The minimum Gasteiger partial charge on any atom is -0.337 e. The van der Waals surface area contributed by atoms with Gasteiger partial charge in [0.2, 0.25) is 0 Å². The highest BCUT2D eigenvalue weighted by Gasteiger charge is 2.10. The number of nitrogens with one attached hydrogen (secondary N) is 1. The van der Waals surface area contributed by atoms with Crippen molar-refractivity contribution < 1.29 is 4.79 Å². The number of hydrogen-bond acceptors (Lipinski definition) is 2. The number of amides is 2. The summed E-state index contributed by atoms with van der Waals surface area (Å²) < 4.78 is 1.27. The maximum atomic E-state index is 11.9. The molecule has 3 nitrogen and oxygen atoms in total. The van der Waals surface area contributed by atoms with E-state index in [-0.39, 0.29) is 6.03 Å². The van der Waals surface area contributed by atoms with Gasteiger partial charge in [0.05, 0.1) is 5.69 Å². The number of halogens is 1. The van der Waals surface area contributed by atoms with Crippen molar-refractivity contribution >= 4 is 36.1 Å². The molecule has 1 radical (unpaired) electrons. The van der Waals surface area contributed by atoms with Gasteiger partial charge in [0.25, 0.3) is 0 Å². The fourth-order valence-electron chi connectivity index (χ4n) is 1.72. The largest absolute Gasteiger partial charge is 0.337 e. The smallest absolute Gasteiger partial charge is 0.331 e. The summed E-state index contributed by atoms with van der Waals surface area (Å²) in [5, 5.41) is 3.51. The van der Waals surface area contributed by atoms with E-state index >= 15 is 0 Å². The van der Waals surface area contributed by atoms with Crippen LogP contribution in [-0.4, -0.2) is 12.6 Å². The topological polar surface area (TPSA) is 32.3 Å². The van der Waals surface area contributed by atoms with Gasteiger partial charge in [-0.2, -0.15) is 0 Å². The molecule has 0 aliphatic carbocycles. The Bertz CT molecular complexity index is 577. The molecule has 0 aromatic heterocycles. The number of carbonyl (C=O) groups excluding carboxylic acids is 1. The van der Waals surface area contributed by atoms with Crippen molar-refractivity contribution in [3.63, 3.8) is 0 Å². The average Bonchev–Trinajstić information content (AvgIpc) is 2.47. The number of urea groups is 1. The molecule has 0 saturated heterocycles. The van der Waals surface area contributed by atoms with Crippen LogP contribution in [0.25, 0.3) is 0 Å². The summed E-state index contributed by atoms with van der Waals surface area (Å²) in [7, 11) is 0. The predicted molar refractivity (Wildman–Crippen MR) is 85.3 cm³/mol. The summed E-state index contributed by atoms with van der Waals surface area (Å²) in [6, 6.07) is 17.2. The van der Waals surface area contributed by atoms with Gasteiger partial charge in [-0.15, -0.1) is 0 Å². The first-order valence-electron chi connectivity index (χ1n) is 6.14. The van der Waals surface area contributed by atoms with E-state index in [9.17, 15) is 4.79 Å². The summed E-state index contributed by atoms with van der Waals surface area (Å²) in [5.74, 6) is 0. The number of rotatable bonds is 4. The van der Waals surface area contributed by atoms with Crippen molar-refractivity contribution in [3.05, 3.63) is 65.2 Å². The first kappa shape index (κ1) is 14.8. The SMILES string of the molecule is O=C(NCCc1cccc(Cl)c1)N(S)c1cc[c]cc1. The van der Waals surface area contributed by atoms with Crippen LogP contribution in [0.4, 0.5) is 10.5 Å². The molecule has 0 atom stereocenters. The first-order chi connectivity index (χ1) is 9.66. The van der Waals surface area contributed by atoms with Gasteiger partial charge in [-0.05, 0) is 42.3 Å². The molecule has 2 aromatic rings. The van der Waals surface area contributed by atoms with Gasteiger partial charge in [0, 0.05) is 11.6 Å². The summed E-state index contributed by atoms with van der Waals surface area (Å²) >= 11 is 10.1. The van der Waals surface area contributed by atoms with E-state index in [0.717, 1.165) is 12.0 Å². The summed E-state index contributed by atoms with van der Waals surface area (Å²) in [6.45, 7) is 0.523. The van der Waals surface area contributed by atoms with Gasteiger partial charge < -0.3 is 5.32 Å². The Morgan fingerprint density at radius 2 is 2.05 bits per heavy atom. The maximum absolute atomic E-state index is 11.9. The molecule has 2 rings (SSSR count). The zero-order valence-electron chi connectivity index (χ0n) is 10.7. The number of benzene rings is 2. The number of carbonyl (C=O) groups is 1. The minimum absolute atomic E-state index is 0.262. The number of nitrogens with zero attached hydrogens (tertiary/aromatic N) is 1. The van der Waals surface area contributed by atoms with Crippen molar-refractivity contribution in [1.29, 1.82) is 0 Å². The third kappa shape index (κ3) is 4.18.